The number of thioether (sulfide) groups is 2. The van der Waals surface area contributed by atoms with Crippen LogP contribution in [0.5, 0.6) is 0 Å². The fraction of sp³-hybridized carbons (Fsp3) is 0.243. The van der Waals surface area contributed by atoms with Gasteiger partial charge < -0.3 is 33.6 Å². The topological polar surface area (TPSA) is 576 Å². The molecule has 3 aromatic carbocycles. The van der Waals surface area contributed by atoms with Crippen molar-refractivity contribution in [3.8, 4) is 0 Å². The molecule has 0 aliphatic heterocycles. The van der Waals surface area contributed by atoms with Crippen molar-refractivity contribution >= 4 is 142 Å². The molecule has 0 radical (unpaired) electrons. The Bertz CT molecular complexity index is 4170. The van der Waals surface area contributed by atoms with E-state index in [0.717, 1.165) is 54.7 Å². The molecule has 0 fully saturated rings. The van der Waals surface area contributed by atoms with E-state index in [1.165, 1.54) is 12.1 Å². The van der Waals surface area contributed by atoms with E-state index in [4.69, 9.17) is 5.73 Å². The predicted molar refractivity (Wildman–Crippen MR) is 272 cm³/mol. The molecule has 1 aliphatic carbocycles. The Hall–Kier alpha value is -0.680. The van der Waals surface area contributed by atoms with Crippen LogP contribution in [-0.2, 0) is 60.7 Å². The van der Waals surface area contributed by atoms with Gasteiger partial charge in [-0.3, -0.25) is 35.1 Å². The summed E-state index contributed by atoms with van der Waals surface area (Å²) in [5, 5.41) is 35.9. The normalized spacial score (nSPS) is 14.6. The SMILES string of the molecule is CC([O-])=Nc1cc(NN=C2C=C(SCCCS(=O)(=O)[O-])C(N)=CC2=Nc2nc(=NCCS(=O)(=O)[O-])[nH]c(=Nc3cc(S(=O)(=O)[O-])ccc3S(=O)(=O)O)[nH]2)c(SCCCS(=O)(=O)[O-])cc1N=Nc1ccc([N+](=O)[O-])cc1S(=O)(=O)[O-].[Na+].[Na+].[Na+].[Na+].[Na+].[Na+]. The molecule has 5 rings (SSSR count). The minimum absolute atomic E-state index is 0. The first-order valence-electron chi connectivity index (χ1n) is 21.0. The Morgan fingerprint density at radius 1 is 0.682 bits per heavy atom. The molecule has 4 aromatic rings. The quantitative estimate of drug-likeness (QED) is 0.00415. The molecule has 0 atom stereocenters. The van der Waals surface area contributed by atoms with Crippen LogP contribution in [0, 0.1) is 10.1 Å². The molecule has 0 bridgehead atoms. The van der Waals surface area contributed by atoms with Crippen molar-refractivity contribution in [2.75, 3.05) is 40.7 Å². The zero-order valence-corrected chi connectivity index (χ0v) is 63.9. The van der Waals surface area contributed by atoms with E-state index in [0.29, 0.717) is 24.3 Å². The third-order valence-electron chi connectivity index (χ3n) is 9.27. The average molecular weight is 1390 g/mol. The number of nitro groups is 1. The van der Waals surface area contributed by atoms with Crippen LogP contribution in [0.25, 0.3) is 0 Å². The molecule has 0 spiro atoms. The van der Waals surface area contributed by atoms with E-state index in [-0.39, 0.29) is 246 Å². The van der Waals surface area contributed by atoms with Gasteiger partial charge >= 0.3 is 177 Å². The molecule has 0 saturated heterocycles. The first-order valence-corrected chi connectivity index (χ1v) is 32.0. The van der Waals surface area contributed by atoms with Gasteiger partial charge in [-0.25, -0.2) is 57.1 Å². The second-order valence-electron chi connectivity index (χ2n) is 15.3. The van der Waals surface area contributed by atoms with Crippen LogP contribution in [0.1, 0.15) is 19.8 Å². The molecule has 34 nitrogen and oxygen atoms in total. The molecular formula is C37H35N13Na6O21S8. The summed E-state index contributed by atoms with van der Waals surface area (Å²) >= 11 is 1.78. The van der Waals surface area contributed by atoms with Crippen molar-refractivity contribution in [2.24, 2.45) is 41.0 Å². The van der Waals surface area contributed by atoms with Gasteiger partial charge in [0.05, 0.1) is 80.1 Å². The molecule has 0 saturated carbocycles. The van der Waals surface area contributed by atoms with Crippen LogP contribution in [0.3, 0.4) is 0 Å². The first kappa shape index (κ1) is 86.4. The largest absolute Gasteiger partial charge is 1.00 e. The van der Waals surface area contributed by atoms with Crippen LogP contribution in [-0.4, -0.2) is 150 Å². The third-order valence-corrected chi connectivity index (χ3v) is 16.4. The molecular weight excluding hydrogens is 1360 g/mol. The average Bonchev–Trinajstić information content (AvgIpc) is 3.29. The van der Waals surface area contributed by atoms with E-state index in [9.17, 15) is 93.0 Å². The fourth-order valence-corrected chi connectivity index (χ4v) is 11.3. The fourth-order valence-electron chi connectivity index (χ4n) is 5.98. The summed E-state index contributed by atoms with van der Waals surface area (Å²) < 4.78 is 209. The van der Waals surface area contributed by atoms with Crippen LogP contribution >= 0.6 is 23.5 Å². The van der Waals surface area contributed by atoms with E-state index in [1.807, 2.05) is 0 Å². The number of nitrogens with one attached hydrogen (secondary N) is 3. The van der Waals surface area contributed by atoms with Crippen molar-refractivity contribution < 1.29 is 265 Å². The van der Waals surface area contributed by atoms with E-state index in [1.54, 1.807) is 0 Å². The number of non-ortho nitro benzene ring substituents is 1. The first-order chi connectivity index (χ1) is 36.4. The number of hydrazone groups is 1. The molecule has 48 heteroatoms. The molecule has 0 unspecified atom stereocenters. The number of nitrogens with two attached hydrogens (primary N) is 1. The number of nitrogens with zero attached hydrogens (tertiary/aromatic N) is 9. The van der Waals surface area contributed by atoms with Crippen molar-refractivity contribution in [1.82, 2.24) is 15.0 Å². The Morgan fingerprint density at radius 2 is 1.27 bits per heavy atom. The van der Waals surface area contributed by atoms with Gasteiger partial charge in [-0.1, -0.05) is 0 Å². The number of H-pyrrole nitrogens is 2. The maximum Gasteiger partial charge on any atom is 1.00 e. The van der Waals surface area contributed by atoms with Crippen molar-refractivity contribution in [3.05, 3.63) is 92.6 Å². The number of azo groups is 1. The van der Waals surface area contributed by atoms with Gasteiger partial charge in [0.15, 0.2) is 0 Å². The van der Waals surface area contributed by atoms with Crippen LogP contribution < -0.4 is 205 Å². The second kappa shape index (κ2) is 37.1. The zero-order chi connectivity index (χ0) is 58.9. The van der Waals surface area contributed by atoms with Crippen LogP contribution in [0.2, 0.25) is 0 Å². The minimum Gasteiger partial charge on any atom is -0.862 e. The number of aliphatic imine (C=N–C) groups is 2. The van der Waals surface area contributed by atoms with Gasteiger partial charge in [0.2, 0.25) is 17.2 Å². The van der Waals surface area contributed by atoms with Gasteiger partial charge in [0.25, 0.3) is 15.8 Å². The van der Waals surface area contributed by atoms with Crippen LogP contribution in [0.15, 0.2) is 126 Å². The number of hydrogen-bond acceptors (Lipinski definition) is 32. The zero-order valence-electron chi connectivity index (χ0n) is 45.4. The number of benzene rings is 3. The van der Waals surface area contributed by atoms with E-state index < -0.39 is 144 Å². The summed E-state index contributed by atoms with van der Waals surface area (Å²) in [4.78, 5) is 32.4. The van der Waals surface area contributed by atoms with E-state index in [2.05, 4.69) is 55.7 Å². The minimum atomic E-state index is -5.42. The smallest absolute Gasteiger partial charge is 0.862 e. The number of rotatable bonds is 24. The maximum atomic E-state index is 12.4. The number of aromatic nitrogens is 3. The number of allylic oxidation sites excluding steroid dienone is 2. The maximum absolute atomic E-state index is 12.4. The molecule has 85 heavy (non-hydrogen) atoms. The van der Waals surface area contributed by atoms with Crippen molar-refractivity contribution in [1.29, 1.82) is 0 Å². The van der Waals surface area contributed by atoms with Gasteiger partial charge in [0.1, 0.15) is 42.2 Å². The molecule has 0 amide bonds. The molecule has 1 aromatic heterocycles. The molecule has 1 aliphatic rings. The summed E-state index contributed by atoms with van der Waals surface area (Å²) in [5.74, 6) is -4.31. The van der Waals surface area contributed by atoms with Gasteiger partial charge in [-0.15, -0.1) is 33.8 Å². The number of anilines is 1. The molecule has 428 valence electrons. The number of aromatic amines is 2. The summed E-state index contributed by atoms with van der Waals surface area (Å²) in [7, 11) is -30.2. The Kier molecular flexibility index (Phi) is 37.7. The van der Waals surface area contributed by atoms with Gasteiger partial charge in [-0.2, -0.15) is 18.5 Å². The molecule has 1 heterocycles. The van der Waals surface area contributed by atoms with Gasteiger partial charge in [0, 0.05) is 39.1 Å². The summed E-state index contributed by atoms with van der Waals surface area (Å²) in [6, 6.07) is 5.90. The standard InChI is InChI=1S/C37H41N13O21S8.6Na/c1-20(51)40-26-17-29(32(73-10-3-12-75(57,58)59)19-28(26)47-46-24-6-4-21(50(52)53)14-34(24)79(69,70)71)49-48-27-18-31(72-9-2-11-74(54,55)56)23(38)16-25(27)41-36-43-35(39-8-13-76(60,61)62)44-37(45-36)42-30-15-22(77(63,64)65)5-7-33(30)78(66,67)68;;;;;;/h4-7,14-19,49H,2-3,8-13,38H2,1H3,(H,40,51)(H,54,55,56)(H,57,58,59)(H,60,61,62)(H,63,64,65)(H,66,67,68)(H,69,70,71)(H2,39,42,43,44,45);;;;;;/q;6*+1/p-6. The summed E-state index contributed by atoms with van der Waals surface area (Å²) in [6.07, 6.45) is 2.00. The van der Waals surface area contributed by atoms with Crippen LogP contribution in [0.4, 0.5) is 40.1 Å². The predicted octanol–water partition coefficient (Wildman–Crippen LogP) is -17.8. The van der Waals surface area contributed by atoms with E-state index >= 15 is 0 Å². The summed E-state index contributed by atoms with van der Waals surface area (Å²) in [6.45, 7) is 0.244. The number of hydrogen-bond donors (Lipinski definition) is 5. The van der Waals surface area contributed by atoms with Crippen molar-refractivity contribution in [2.45, 2.75) is 39.3 Å². The summed E-state index contributed by atoms with van der Waals surface area (Å²) in [5.41, 5.74) is 4.05. The monoisotopic (exact) mass is 1390 g/mol. The van der Waals surface area contributed by atoms with Crippen molar-refractivity contribution in [3.63, 3.8) is 0 Å². The second-order valence-corrected chi connectivity index (χ2v) is 26.3. The third kappa shape index (κ3) is 29.7. The Balaban J connectivity index is 0. The number of nitro benzene ring substituents is 1. The molecule has 6 N–H and O–H groups in total. The Morgan fingerprint density at radius 3 is 1.81 bits per heavy atom. The Labute approximate surface area is 625 Å². The van der Waals surface area contributed by atoms with Gasteiger partial charge in [-0.05, 0) is 85.7 Å².